The Kier molecular flexibility index (Phi) is 10.1. The number of fused-ring (bicyclic) bond motifs is 1. The maximum Gasteiger partial charge on any atom is 0.319 e. The molecule has 224 valence electrons. The van der Waals surface area contributed by atoms with Crippen LogP contribution in [-0.4, -0.2) is 54.4 Å². The molecule has 0 aliphatic heterocycles. The molecule has 0 saturated heterocycles. The van der Waals surface area contributed by atoms with Gasteiger partial charge in [-0.1, -0.05) is 47.5 Å². The molecule has 4 amide bonds. The Morgan fingerprint density at radius 2 is 1.72 bits per heavy atom. The SMILES string of the molecule is Cc1ccc2cccc(OCc3c(Cl)ccc(N(C)C(=O)CNC(=O)Nc4cccc(C(=O)N(C)C(C)C)c4)c3Cl)c2n1. The standard InChI is InChI=1S/C32H33Cl2N5O4/c1-19(2)38(4)31(41)22-9-6-10-23(16-22)37-32(42)35-17-28(40)39(5)26-15-14-25(33)24(29(26)34)18-43-27-11-7-8-21-13-12-20(3)36-30(21)27/h6-16,19H,17-18H2,1-5H3,(H2,35,37,42). The van der Waals surface area contributed by atoms with E-state index in [2.05, 4.69) is 15.6 Å². The lowest BCUT2D eigenvalue weighted by Gasteiger charge is -2.22. The van der Waals surface area contributed by atoms with Crippen LogP contribution in [0.4, 0.5) is 16.2 Å². The fraction of sp³-hybridized carbons (Fsp3) is 0.250. The number of urea groups is 1. The number of ether oxygens (including phenoxy) is 1. The van der Waals surface area contributed by atoms with Crippen LogP contribution in [0, 0.1) is 6.92 Å². The van der Waals surface area contributed by atoms with Crippen LogP contribution in [0.3, 0.4) is 0 Å². The molecule has 0 radical (unpaired) electrons. The zero-order chi connectivity index (χ0) is 31.3. The van der Waals surface area contributed by atoms with E-state index in [1.165, 1.54) is 4.90 Å². The van der Waals surface area contributed by atoms with Gasteiger partial charge in [-0.25, -0.2) is 9.78 Å². The Morgan fingerprint density at radius 3 is 2.47 bits per heavy atom. The van der Waals surface area contributed by atoms with E-state index in [1.54, 1.807) is 55.4 Å². The van der Waals surface area contributed by atoms with Crippen molar-refractivity contribution in [3.05, 3.63) is 93.6 Å². The highest BCUT2D eigenvalue weighted by atomic mass is 35.5. The van der Waals surface area contributed by atoms with Gasteiger partial charge in [-0.15, -0.1) is 0 Å². The van der Waals surface area contributed by atoms with Gasteiger partial charge in [0.05, 0.1) is 17.3 Å². The molecule has 2 N–H and O–H groups in total. The van der Waals surface area contributed by atoms with Crippen LogP contribution in [0.2, 0.25) is 10.0 Å². The Balaban J connectivity index is 1.39. The molecule has 0 bridgehead atoms. The number of amides is 4. The quantitative estimate of drug-likeness (QED) is 0.216. The number of carbonyl (C=O) groups excluding carboxylic acids is 3. The lowest BCUT2D eigenvalue weighted by Crippen LogP contribution is -2.40. The van der Waals surface area contributed by atoms with Gasteiger partial charge in [0.2, 0.25) is 5.91 Å². The van der Waals surface area contributed by atoms with Gasteiger partial charge < -0.3 is 25.2 Å². The van der Waals surface area contributed by atoms with Crippen LogP contribution in [-0.2, 0) is 11.4 Å². The molecule has 0 unspecified atom stereocenters. The maximum absolute atomic E-state index is 13.0. The first kappa shape index (κ1) is 31.6. The molecule has 0 aliphatic carbocycles. The number of benzene rings is 3. The Hall–Kier alpha value is -4.34. The molecule has 1 heterocycles. The molecule has 43 heavy (non-hydrogen) atoms. The summed E-state index contributed by atoms with van der Waals surface area (Å²) >= 11 is 13.2. The van der Waals surface area contributed by atoms with Crippen molar-refractivity contribution >= 4 is 63.3 Å². The van der Waals surface area contributed by atoms with Crippen LogP contribution in [0.1, 0.15) is 35.5 Å². The van der Waals surface area contributed by atoms with Crippen molar-refractivity contribution < 1.29 is 19.1 Å². The molecule has 0 atom stereocenters. The third-order valence-electron chi connectivity index (χ3n) is 6.96. The van der Waals surface area contributed by atoms with Crippen molar-refractivity contribution in [1.29, 1.82) is 0 Å². The zero-order valence-corrected chi connectivity index (χ0v) is 26.1. The second-order valence-electron chi connectivity index (χ2n) is 10.3. The van der Waals surface area contributed by atoms with Crippen molar-refractivity contribution in [2.45, 2.75) is 33.4 Å². The molecule has 0 fully saturated rings. The van der Waals surface area contributed by atoms with Crippen molar-refractivity contribution in [2.75, 3.05) is 30.9 Å². The number of anilines is 2. The number of nitrogens with zero attached hydrogens (tertiary/aromatic N) is 3. The average Bonchev–Trinajstić information content (AvgIpc) is 2.98. The number of aryl methyl sites for hydroxylation is 1. The van der Waals surface area contributed by atoms with Crippen LogP contribution < -0.4 is 20.3 Å². The summed E-state index contributed by atoms with van der Waals surface area (Å²) in [7, 11) is 3.27. The Bertz CT molecular complexity index is 1680. The predicted molar refractivity (Wildman–Crippen MR) is 171 cm³/mol. The second kappa shape index (κ2) is 13.8. The fourth-order valence-electron chi connectivity index (χ4n) is 4.21. The summed E-state index contributed by atoms with van der Waals surface area (Å²) in [6.45, 7) is 5.49. The lowest BCUT2D eigenvalue weighted by molar-refractivity contribution is -0.117. The zero-order valence-electron chi connectivity index (χ0n) is 24.6. The number of nitrogens with one attached hydrogen (secondary N) is 2. The van der Waals surface area contributed by atoms with Crippen molar-refractivity contribution in [3.8, 4) is 5.75 Å². The maximum atomic E-state index is 13.0. The van der Waals surface area contributed by atoms with Gasteiger partial charge >= 0.3 is 6.03 Å². The summed E-state index contributed by atoms with van der Waals surface area (Å²) in [6, 6.07) is 18.9. The lowest BCUT2D eigenvalue weighted by atomic mass is 10.1. The summed E-state index contributed by atoms with van der Waals surface area (Å²) in [5.41, 5.74) is 3.36. The summed E-state index contributed by atoms with van der Waals surface area (Å²) in [5.74, 6) is 0.00652. The molecule has 1 aromatic heterocycles. The topological polar surface area (TPSA) is 104 Å². The van der Waals surface area contributed by atoms with Crippen molar-refractivity contribution in [2.24, 2.45) is 0 Å². The first-order valence-electron chi connectivity index (χ1n) is 13.6. The third-order valence-corrected chi connectivity index (χ3v) is 7.73. The number of hydrogen-bond donors (Lipinski definition) is 2. The van der Waals surface area contributed by atoms with Crippen LogP contribution in [0.5, 0.6) is 5.75 Å². The molecule has 3 aromatic carbocycles. The number of aromatic nitrogens is 1. The van der Waals surface area contributed by atoms with Gasteiger partial charge in [-0.3, -0.25) is 9.59 Å². The van der Waals surface area contributed by atoms with Crippen LogP contribution in [0.25, 0.3) is 10.9 Å². The summed E-state index contributed by atoms with van der Waals surface area (Å²) in [5, 5.41) is 6.79. The number of rotatable bonds is 9. The molecule has 11 heteroatoms. The number of hydrogen-bond acceptors (Lipinski definition) is 5. The van der Waals surface area contributed by atoms with E-state index in [-0.39, 0.29) is 30.1 Å². The van der Waals surface area contributed by atoms with Crippen molar-refractivity contribution in [1.82, 2.24) is 15.2 Å². The van der Waals surface area contributed by atoms with Crippen LogP contribution in [0.15, 0.2) is 66.7 Å². The molecule has 0 spiro atoms. The first-order valence-corrected chi connectivity index (χ1v) is 14.4. The van der Waals surface area contributed by atoms with E-state index in [1.807, 2.05) is 51.1 Å². The number of para-hydroxylation sites is 1. The van der Waals surface area contributed by atoms with E-state index < -0.39 is 11.9 Å². The normalized spacial score (nSPS) is 10.9. The highest BCUT2D eigenvalue weighted by Crippen LogP contribution is 2.35. The largest absolute Gasteiger partial charge is 0.487 e. The van der Waals surface area contributed by atoms with E-state index in [4.69, 9.17) is 27.9 Å². The summed E-state index contributed by atoms with van der Waals surface area (Å²) in [4.78, 5) is 45.7. The Labute approximate surface area is 260 Å². The Morgan fingerprint density at radius 1 is 0.977 bits per heavy atom. The van der Waals surface area contributed by atoms with Gasteiger partial charge in [-0.05, 0) is 63.2 Å². The molecular weight excluding hydrogens is 589 g/mol. The highest BCUT2D eigenvalue weighted by Gasteiger charge is 2.20. The van der Waals surface area contributed by atoms with Gasteiger partial charge in [0.1, 0.15) is 17.9 Å². The van der Waals surface area contributed by atoms with Gasteiger partial charge in [0.25, 0.3) is 5.91 Å². The minimum absolute atomic E-state index is 0.0269. The molecule has 0 aliphatic rings. The predicted octanol–water partition coefficient (Wildman–Crippen LogP) is 6.69. The fourth-order valence-corrected chi connectivity index (χ4v) is 4.82. The number of likely N-dealkylation sites (N-methyl/N-ethyl adjacent to an activating group) is 1. The van der Waals surface area contributed by atoms with Gasteiger partial charge in [0, 0.05) is 53.1 Å². The molecule has 9 nitrogen and oxygen atoms in total. The molecule has 0 saturated carbocycles. The number of halogens is 2. The summed E-state index contributed by atoms with van der Waals surface area (Å²) in [6.07, 6.45) is 0. The minimum Gasteiger partial charge on any atom is -0.487 e. The minimum atomic E-state index is -0.598. The van der Waals surface area contributed by atoms with Gasteiger partial charge in [-0.2, -0.15) is 0 Å². The van der Waals surface area contributed by atoms with Crippen LogP contribution >= 0.6 is 23.2 Å². The molecule has 4 rings (SSSR count). The third kappa shape index (κ3) is 7.55. The number of carbonyl (C=O) groups is 3. The van der Waals surface area contributed by atoms with E-state index in [9.17, 15) is 14.4 Å². The highest BCUT2D eigenvalue weighted by molar-refractivity contribution is 6.38. The molecule has 4 aromatic rings. The van der Waals surface area contributed by atoms with E-state index >= 15 is 0 Å². The first-order chi connectivity index (χ1) is 20.5. The van der Waals surface area contributed by atoms with Crippen molar-refractivity contribution in [3.63, 3.8) is 0 Å². The molecular formula is C32H33Cl2N5O4. The summed E-state index contributed by atoms with van der Waals surface area (Å²) < 4.78 is 6.08. The average molecular weight is 623 g/mol. The second-order valence-corrected chi connectivity index (χ2v) is 11.1. The smallest absolute Gasteiger partial charge is 0.319 e. The monoisotopic (exact) mass is 621 g/mol. The number of pyridine rings is 1. The van der Waals surface area contributed by atoms with E-state index in [0.29, 0.717) is 33.3 Å². The van der Waals surface area contributed by atoms with Gasteiger partial charge in [0.15, 0.2) is 0 Å². The van der Waals surface area contributed by atoms with E-state index in [0.717, 1.165) is 16.6 Å².